The van der Waals surface area contributed by atoms with Crippen molar-refractivity contribution in [3.63, 3.8) is 0 Å². The Balaban J connectivity index is 1.93. The molecule has 6 nitrogen and oxygen atoms in total. The summed E-state index contributed by atoms with van der Waals surface area (Å²) in [5.74, 6) is 0. The first kappa shape index (κ1) is 15.3. The highest BCUT2D eigenvalue weighted by atomic mass is 16.5. The summed E-state index contributed by atoms with van der Waals surface area (Å²) in [6.07, 6.45) is 3.73. The number of fused-ring (bicyclic) bond motifs is 1. The first-order chi connectivity index (χ1) is 11.1. The number of nitrogens with zero attached hydrogens (tertiary/aromatic N) is 3. The highest BCUT2D eigenvalue weighted by molar-refractivity contribution is 5.84. The van der Waals surface area contributed by atoms with Gasteiger partial charge < -0.3 is 14.6 Å². The van der Waals surface area contributed by atoms with Crippen molar-refractivity contribution in [1.82, 2.24) is 14.3 Å². The van der Waals surface area contributed by atoms with Gasteiger partial charge in [-0.2, -0.15) is 5.10 Å². The van der Waals surface area contributed by atoms with Crippen molar-refractivity contribution in [1.29, 1.82) is 0 Å². The number of hydrogen-bond acceptors (Lipinski definition) is 4. The van der Waals surface area contributed by atoms with E-state index in [1.165, 1.54) is 4.68 Å². The molecule has 0 saturated heterocycles. The van der Waals surface area contributed by atoms with Gasteiger partial charge in [0.1, 0.15) is 5.69 Å². The molecule has 0 spiro atoms. The minimum atomic E-state index is -0.136. The Morgan fingerprint density at radius 1 is 1.30 bits per heavy atom. The lowest BCUT2D eigenvalue weighted by molar-refractivity contribution is 0.188. The first-order valence-electron chi connectivity index (χ1n) is 7.48. The van der Waals surface area contributed by atoms with Crippen molar-refractivity contribution >= 4 is 22.3 Å². The molecule has 0 atom stereocenters. The predicted molar refractivity (Wildman–Crippen MR) is 91.3 cm³/mol. The van der Waals surface area contributed by atoms with E-state index in [9.17, 15) is 4.79 Å². The van der Waals surface area contributed by atoms with Crippen LogP contribution in [0.3, 0.4) is 0 Å². The van der Waals surface area contributed by atoms with Gasteiger partial charge in [0.15, 0.2) is 0 Å². The largest absolute Gasteiger partial charge is 0.383 e. The molecule has 2 heterocycles. The molecule has 0 fully saturated rings. The molecule has 0 amide bonds. The Kier molecular flexibility index (Phi) is 4.16. The molecule has 3 rings (SSSR count). The number of aromatic nitrogens is 3. The van der Waals surface area contributed by atoms with E-state index < -0.39 is 0 Å². The minimum absolute atomic E-state index is 0.136. The maximum absolute atomic E-state index is 12.2. The van der Waals surface area contributed by atoms with Gasteiger partial charge in [0.2, 0.25) is 0 Å². The Hall–Kier alpha value is -2.60. The van der Waals surface area contributed by atoms with Gasteiger partial charge in [-0.05, 0) is 36.8 Å². The van der Waals surface area contributed by atoms with Gasteiger partial charge in [-0.1, -0.05) is 0 Å². The van der Waals surface area contributed by atoms with E-state index in [1.807, 2.05) is 31.3 Å². The van der Waals surface area contributed by atoms with E-state index in [1.54, 1.807) is 20.4 Å². The number of ether oxygens (including phenoxy) is 1. The summed E-state index contributed by atoms with van der Waals surface area (Å²) in [6.45, 7) is 3.36. The fraction of sp³-hybridized carbons (Fsp3) is 0.294. The maximum atomic E-state index is 12.2. The lowest BCUT2D eigenvalue weighted by Gasteiger charge is -2.10. The van der Waals surface area contributed by atoms with E-state index in [-0.39, 0.29) is 5.56 Å². The second-order valence-corrected chi connectivity index (χ2v) is 5.53. The summed E-state index contributed by atoms with van der Waals surface area (Å²) in [5, 5.41) is 8.35. The predicted octanol–water partition coefficient (Wildman–Crippen LogP) is 2.43. The van der Waals surface area contributed by atoms with Crippen LogP contribution in [-0.4, -0.2) is 28.1 Å². The van der Waals surface area contributed by atoms with E-state index in [4.69, 9.17) is 4.74 Å². The number of aryl methyl sites for hydroxylation is 2. The van der Waals surface area contributed by atoms with Gasteiger partial charge in [-0.25, -0.2) is 4.68 Å². The second kappa shape index (κ2) is 6.26. The molecule has 3 aromatic rings. The zero-order valence-electron chi connectivity index (χ0n) is 13.5. The number of hydrogen-bond donors (Lipinski definition) is 1. The summed E-state index contributed by atoms with van der Waals surface area (Å²) in [5.41, 5.74) is 3.27. The van der Waals surface area contributed by atoms with Crippen LogP contribution in [0.1, 0.15) is 5.56 Å². The summed E-state index contributed by atoms with van der Waals surface area (Å²) in [7, 11) is 3.34. The molecule has 0 unspecified atom stereocenters. The summed E-state index contributed by atoms with van der Waals surface area (Å²) < 4.78 is 8.61. The van der Waals surface area contributed by atoms with Gasteiger partial charge in [0.05, 0.1) is 12.8 Å². The third-order valence-electron chi connectivity index (χ3n) is 3.90. The molecule has 2 aromatic heterocycles. The number of anilines is 2. The standard InChI is InChI=1S/C17H20N4O2/c1-12-11-18-20(2)17(22)16(12)19-14-4-5-15-13(10-14)6-7-21(15)8-9-23-3/h4-7,10-11,19H,8-9H2,1-3H3. The molecule has 0 aliphatic carbocycles. The monoisotopic (exact) mass is 312 g/mol. The lowest BCUT2D eigenvalue weighted by atomic mass is 10.2. The number of rotatable bonds is 5. The fourth-order valence-corrected chi connectivity index (χ4v) is 2.58. The molecule has 1 N–H and O–H groups in total. The first-order valence-corrected chi connectivity index (χ1v) is 7.48. The molecule has 23 heavy (non-hydrogen) atoms. The summed E-state index contributed by atoms with van der Waals surface area (Å²) >= 11 is 0. The Labute approximate surface area is 134 Å². The SMILES string of the molecule is COCCn1ccc2cc(Nc3c(C)cnn(C)c3=O)ccc21. The molecule has 1 aromatic carbocycles. The van der Waals surface area contributed by atoms with Crippen molar-refractivity contribution in [2.75, 3.05) is 19.0 Å². The minimum Gasteiger partial charge on any atom is -0.383 e. The van der Waals surface area contributed by atoms with E-state index >= 15 is 0 Å². The number of methoxy groups -OCH3 is 1. The van der Waals surface area contributed by atoms with Crippen LogP contribution in [-0.2, 0) is 18.3 Å². The smallest absolute Gasteiger partial charge is 0.290 e. The fourth-order valence-electron chi connectivity index (χ4n) is 2.58. The highest BCUT2D eigenvalue weighted by Crippen LogP contribution is 2.23. The molecule has 0 saturated carbocycles. The van der Waals surface area contributed by atoms with Crippen molar-refractivity contribution in [3.8, 4) is 0 Å². The summed E-state index contributed by atoms with van der Waals surface area (Å²) in [4.78, 5) is 12.2. The van der Waals surface area contributed by atoms with Crippen LogP contribution in [0, 0.1) is 6.92 Å². The number of benzene rings is 1. The van der Waals surface area contributed by atoms with Crippen LogP contribution in [0.25, 0.3) is 10.9 Å². The Morgan fingerprint density at radius 2 is 2.13 bits per heavy atom. The average molecular weight is 312 g/mol. The third kappa shape index (κ3) is 2.98. The van der Waals surface area contributed by atoms with Gasteiger partial charge >= 0.3 is 0 Å². The Morgan fingerprint density at radius 3 is 2.91 bits per heavy atom. The van der Waals surface area contributed by atoms with Crippen LogP contribution in [0.2, 0.25) is 0 Å². The van der Waals surface area contributed by atoms with E-state index in [0.717, 1.165) is 28.7 Å². The van der Waals surface area contributed by atoms with Gasteiger partial charge in [-0.15, -0.1) is 0 Å². The molecule has 0 bridgehead atoms. The molecular weight excluding hydrogens is 292 g/mol. The van der Waals surface area contributed by atoms with Gasteiger partial charge in [-0.3, -0.25) is 4.79 Å². The number of nitrogens with one attached hydrogen (secondary N) is 1. The van der Waals surface area contributed by atoms with Crippen LogP contribution in [0.15, 0.2) is 41.5 Å². The molecule has 0 aliphatic rings. The maximum Gasteiger partial charge on any atom is 0.290 e. The zero-order chi connectivity index (χ0) is 16.4. The van der Waals surface area contributed by atoms with Crippen molar-refractivity contribution in [2.45, 2.75) is 13.5 Å². The van der Waals surface area contributed by atoms with Crippen LogP contribution < -0.4 is 10.9 Å². The van der Waals surface area contributed by atoms with E-state index in [0.29, 0.717) is 12.3 Å². The topological polar surface area (TPSA) is 61.1 Å². The normalized spacial score (nSPS) is 11.1. The Bertz CT molecular complexity index is 895. The highest BCUT2D eigenvalue weighted by Gasteiger charge is 2.08. The van der Waals surface area contributed by atoms with Crippen molar-refractivity contribution in [2.24, 2.45) is 7.05 Å². The second-order valence-electron chi connectivity index (χ2n) is 5.53. The van der Waals surface area contributed by atoms with Crippen molar-refractivity contribution < 1.29 is 4.74 Å². The van der Waals surface area contributed by atoms with Crippen LogP contribution in [0.5, 0.6) is 0 Å². The molecule has 0 radical (unpaired) electrons. The lowest BCUT2D eigenvalue weighted by Crippen LogP contribution is -2.22. The van der Waals surface area contributed by atoms with Crippen LogP contribution in [0.4, 0.5) is 11.4 Å². The average Bonchev–Trinajstić information content (AvgIpc) is 2.95. The van der Waals surface area contributed by atoms with Crippen molar-refractivity contribution in [3.05, 3.63) is 52.6 Å². The zero-order valence-corrected chi connectivity index (χ0v) is 13.5. The summed E-state index contributed by atoms with van der Waals surface area (Å²) in [6, 6.07) is 8.13. The quantitative estimate of drug-likeness (QED) is 0.786. The molecule has 6 heteroatoms. The van der Waals surface area contributed by atoms with Gasteiger partial charge in [0.25, 0.3) is 5.56 Å². The molecular formula is C17H20N4O2. The van der Waals surface area contributed by atoms with Crippen LogP contribution >= 0.6 is 0 Å². The molecule has 0 aliphatic heterocycles. The van der Waals surface area contributed by atoms with Gasteiger partial charge in [0, 0.05) is 43.5 Å². The van der Waals surface area contributed by atoms with E-state index in [2.05, 4.69) is 21.0 Å². The third-order valence-corrected chi connectivity index (χ3v) is 3.90. The molecule has 120 valence electrons.